The Balaban J connectivity index is 1.93. The minimum Gasteiger partial charge on any atom is -0.381 e. The molecule has 1 saturated heterocycles. The second kappa shape index (κ2) is 5.76. The van der Waals surface area contributed by atoms with Crippen molar-refractivity contribution >= 4 is 17.1 Å². The lowest BCUT2D eigenvalue weighted by molar-refractivity contribution is -0.152. The fourth-order valence-electron chi connectivity index (χ4n) is 2.22. The highest BCUT2D eigenvalue weighted by Gasteiger charge is 2.39. The Morgan fingerprint density at radius 3 is 2.88 bits per heavy atom. The summed E-state index contributed by atoms with van der Waals surface area (Å²) < 4.78 is 10.8. The summed E-state index contributed by atoms with van der Waals surface area (Å²) in [4.78, 5) is 13.5. The normalized spacial score (nSPS) is 19.1. The number of methoxy groups -OCH3 is 1. The SMILES string of the molecule is COC1(C(=O)CCc2cccs2)CCOCC1. The molecule has 0 aliphatic carbocycles. The van der Waals surface area contributed by atoms with Crippen LogP contribution >= 0.6 is 11.3 Å². The molecular formula is C13H18O3S. The topological polar surface area (TPSA) is 35.5 Å². The van der Waals surface area contributed by atoms with Crippen LogP contribution in [0.25, 0.3) is 0 Å². The molecule has 1 aliphatic rings. The maximum absolute atomic E-state index is 12.3. The molecule has 94 valence electrons. The summed E-state index contributed by atoms with van der Waals surface area (Å²) in [5.41, 5.74) is -0.588. The monoisotopic (exact) mass is 254 g/mol. The van der Waals surface area contributed by atoms with Crippen molar-refractivity contribution in [3.8, 4) is 0 Å². The van der Waals surface area contributed by atoms with Crippen LogP contribution in [0.15, 0.2) is 17.5 Å². The third-order valence-electron chi connectivity index (χ3n) is 3.38. The molecule has 0 N–H and O–H groups in total. The van der Waals surface area contributed by atoms with Crippen LogP contribution in [0.1, 0.15) is 24.1 Å². The molecule has 4 heteroatoms. The Morgan fingerprint density at radius 2 is 2.29 bits per heavy atom. The molecule has 3 nitrogen and oxygen atoms in total. The van der Waals surface area contributed by atoms with Crippen LogP contribution in [-0.2, 0) is 20.7 Å². The third kappa shape index (κ3) is 2.94. The first kappa shape index (κ1) is 12.7. The highest BCUT2D eigenvalue weighted by molar-refractivity contribution is 7.09. The molecule has 17 heavy (non-hydrogen) atoms. The molecule has 1 fully saturated rings. The molecule has 0 spiro atoms. The summed E-state index contributed by atoms with van der Waals surface area (Å²) in [5, 5.41) is 2.04. The smallest absolute Gasteiger partial charge is 0.165 e. The number of ether oxygens (including phenoxy) is 2. The summed E-state index contributed by atoms with van der Waals surface area (Å²) in [6.45, 7) is 1.25. The van der Waals surface area contributed by atoms with Gasteiger partial charge in [-0.15, -0.1) is 11.3 Å². The number of thiophene rings is 1. The quantitative estimate of drug-likeness (QED) is 0.809. The zero-order valence-corrected chi connectivity index (χ0v) is 10.9. The first-order valence-electron chi connectivity index (χ1n) is 5.95. The molecule has 1 aromatic rings. The molecule has 2 rings (SSSR count). The Bertz CT molecular complexity index is 353. The number of carbonyl (C=O) groups excluding carboxylic acids is 1. The highest BCUT2D eigenvalue weighted by atomic mass is 32.1. The Hall–Kier alpha value is -0.710. The van der Waals surface area contributed by atoms with Gasteiger partial charge in [0.25, 0.3) is 0 Å². The van der Waals surface area contributed by atoms with Crippen molar-refractivity contribution in [2.45, 2.75) is 31.3 Å². The Labute approximate surface area is 106 Å². The van der Waals surface area contributed by atoms with E-state index < -0.39 is 5.60 Å². The van der Waals surface area contributed by atoms with Gasteiger partial charge < -0.3 is 9.47 Å². The van der Waals surface area contributed by atoms with Gasteiger partial charge in [-0.25, -0.2) is 0 Å². The largest absolute Gasteiger partial charge is 0.381 e. The molecule has 2 heterocycles. The molecule has 0 atom stereocenters. The van der Waals surface area contributed by atoms with Crippen molar-refractivity contribution in [1.82, 2.24) is 0 Å². The van der Waals surface area contributed by atoms with Crippen LogP contribution in [0.4, 0.5) is 0 Å². The third-order valence-corrected chi connectivity index (χ3v) is 4.31. The predicted octanol–water partition coefficient (Wildman–Crippen LogP) is 2.45. The molecule has 1 aromatic heterocycles. The number of hydrogen-bond acceptors (Lipinski definition) is 4. The number of carbonyl (C=O) groups is 1. The second-order valence-electron chi connectivity index (χ2n) is 4.31. The van der Waals surface area contributed by atoms with E-state index in [1.807, 2.05) is 11.4 Å². The van der Waals surface area contributed by atoms with Crippen LogP contribution in [0, 0.1) is 0 Å². The molecule has 1 aliphatic heterocycles. The van der Waals surface area contributed by atoms with Crippen LogP contribution < -0.4 is 0 Å². The van der Waals surface area contributed by atoms with Crippen LogP contribution in [-0.4, -0.2) is 31.7 Å². The van der Waals surface area contributed by atoms with E-state index in [-0.39, 0.29) is 5.78 Å². The minimum absolute atomic E-state index is 0.219. The summed E-state index contributed by atoms with van der Waals surface area (Å²) in [5.74, 6) is 0.219. The van der Waals surface area contributed by atoms with Gasteiger partial charge in [0.2, 0.25) is 0 Å². The van der Waals surface area contributed by atoms with E-state index in [0.29, 0.717) is 32.5 Å². The fraction of sp³-hybridized carbons (Fsp3) is 0.615. The molecule has 0 amide bonds. The van der Waals surface area contributed by atoms with E-state index in [1.54, 1.807) is 18.4 Å². The molecule has 0 aromatic carbocycles. The lowest BCUT2D eigenvalue weighted by Gasteiger charge is -2.34. The number of ketones is 1. The molecule has 0 radical (unpaired) electrons. The van der Waals surface area contributed by atoms with Gasteiger partial charge in [-0.3, -0.25) is 4.79 Å². The van der Waals surface area contributed by atoms with Crippen molar-refractivity contribution in [2.24, 2.45) is 0 Å². The number of rotatable bonds is 5. The lowest BCUT2D eigenvalue weighted by atomic mass is 9.87. The summed E-state index contributed by atoms with van der Waals surface area (Å²) >= 11 is 1.70. The fourth-order valence-corrected chi connectivity index (χ4v) is 2.93. The lowest BCUT2D eigenvalue weighted by Crippen LogP contribution is -2.45. The zero-order valence-electron chi connectivity index (χ0n) is 10.1. The van der Waals surface area contributed by atoms with Gasteiger partial charge >= 0.3 is 0 Å². The zero-order chi connectivity index (χ0) is 12.1. The van der Waals surface area contributed by atoms with Gasteiger partial charge in [0.15, 0.2) is 5.78 Å². The van der Waals surface area contributed by atoms with E-state index in [9.17, 15) is 4.79 Å². The van der Waals surface area contributed by atoms with Gasteiger partial charge in [0, 0.05) is 44.5 Å². The number of Topliss-reactive ketones (excluding diaryl/α,β-unsaturated/α-hetero) is 1. The van der Waals surface area contributed by atoms with E-state index in [4.69, 9.17) is 9.47 Å². The molecule has 0 unspecified atom stereocenters. The van der Waals surface area contributed by atoms with Crippen LogP contribution in [0.3, 0.4) is 0 Å². The number of hydrogen-bond donors (Lipinski definition) is 0. The van der Waals surface area contributed by atoms with Gasteiger partial charge in [0.1, 0.15) is 5.60 Å². The van der Waals surface area contributed by atoms with Crippen molar-refractivity contribution in [2.75, 3.05) is 20.3 Å². The summed E-state index contributed by atoms with van der Waals surface area (Å²) in [7, 11) is 1.63. The van der Waals surface area contributed by atoms with E-state index in [0.717, 1.165) is 6.42 Å². The first-order valence-corrected chi connectivity index (χ1v) is 6.83. The standard InChI is InChI=1S/C13H18O3S/c1-15-13(6-8-16-9-7-13)12(14)5-4-11-3-2-10-17-11/h2-3,10H,4-9H2,1H3. The van der Waals surface area contributed by atoms with Crippen molar-refractivity contribution in [1.29, 1.82) is 0 Å². The van der Waals surface area contributed by atoms with Crippen molar-refractivity contribution in [3.05, 3.63) is 22.4 Å². The van der Waals surface area contributed by atoms with Gasteiger partial charge in [-0.2, -0.15) is 0 Å². The van der Waals surface area contributed by atoms with Crippen molar-refractivity contribution < 1.29 is 14.3 Å². The highest BCUT2D eigenvalue weighted by Crippen LogP contribution is 2.27. The Kier molecular flexibility index (Phi) is 4.31. The van der Waals surface area contributed by atoms with Crippen LogP contribution in [0.5, 0.6) is 0 Å². The maximum Gasteiger partial charge on any atom is 0.165 e. The van der Waals surface area contributed by atoms with E-state index in [2.05, 4.69) is 6.07 Å². The van der Waals surface area contributed by atoms with Gasteiger partial charge in [-0.05, 0) is 17.9 Å². The average Bonchev–Trinajstić information content (AvgIpc) is 2.90. The average molecular weight is 254 g/mol. The van der Waals surface area contributed by atoms with E-state index in [1.165, 1.54) is 4.88 Å². The van der Waals surface area contributed by atoms with Crippen molar-refractivity contribution in [3.63, 3.8) is 0 Å². The maximum atomic E-state index is 12.3. The predicted molar refractivity (Wildman–Crippen MR) is 67.4 cm³/mol. The summed E-state index contributed by atoms with van der Waals surface area (Å²) in [6, 6.07) is 4.09. The first-order chi connectivity index (χ1) is 8.27. The number of aryl methyl sites for hydroxylation is 1. The molecule has 0 bridgehead atoms. The van der Waals surface area contributed by atoms with Gasteiger partial charge in [0.05, 0.1) is 0 Å². The Morgan fingerprint density at radius 1 is 1.53 bits per heavy atom. The van der Waals surface area contributed by atoms with E-state index >= 15 is 0 Å². The van der Waals surface area contributed by atoms with Gasteiger partial charge in [-0.1, -0.05) is 6.07 Å². The second-order valence-corrected chi connectivity index (χ2v) is 5.35. The molecular weight excluding hydrogens is 236 g/mol. The molecule has 0 saturated carbocycles. The van der Waals surface area contributed by atoms with Crippen LogP contribution in [0.2, 0.25) is 0 Å². The minimum atomic E-state index is -0.588. The summed E-state index contributed by atoms with van der Waals surface area (Å²) in [6.07, 6.45) is 2.76.